The minimum Gasteiger partial charge on any atom is -0.493 e. The molecular weight excluding hydrogens is 466 g/mol. The number of ether oxygens (including phenoxy) is 1. The van der Waals surface area contributed by atoms with Crippen molar-refractivity contribution in [2.24, 2.45) is 0 Å². The minimum absolute atomic E-state index is 0.198. The maximum absolute atomic E-state index is 10.3. The third kappa shape index (κ3) is 5.34. The summed E-state index contributed by atoms with van der Waals surface area (Å²) in [7, 11) is 0. The van der Waals surface area contributed by atoms with Crippen LogP contribution in [0, 0.1) is 16.7 Å². The first-order chi connectivity index (χ1) is 16.5. The van der Waals surface area contributed by atoms with Gasteiger partial charge in [-0.1, -0.05) is 17.7 Å². The van der Waals surface area contributed by atoms with Crippen LogP contribution in [-0.2, 0) is 5.60 Å². The molecule has 0 radical (unpaired) electrons. The largest absolute Gasteiger partial charge is 0.493 e. The van der Waals surface area contributed by atoms with Crippen LogP contribution in [0.3, 0.4) is 0 Å². The number of benzene rings is 1. The number of hydrogen-bond acceptors (Lipinski definition) is 9. The van der Waals surface area contributed by atoms with Gasteiger partial charge in [-0.05, 0) is 46.8 Å². The summed E-state index contributed by atoms with van der Waals surface area (Å²) in [5.74, 6) is 1.07. The SMILES string of the molecule is CCOc1c(C(C)Nc2ncnc(N)c2C(C)=N)cc(Cl)c(C#N)c1-c1ccc(C(C)(C)O)nc1. The fourth-order valence-corrected chi connectivity index (χ4v) is 3.98. The van der Waals surface area contributed by atoms with Crippen molar-refractivity contribution in [3.8, 4) is 22.9 Å². The molecule has 0 saturated carbocycles. The van der Waals surface area contributed by atoms with E-state index in [9.17, 15) is 10.4 Å². The fourth-order valence-electron chi connectivity index (χ4n) is 3.72. The summed E-state index contributed by atoms with van der Waals surface area (Å²) in [6.07, 6.45) is 2.92. The second-order valence-electron chi connectivity index (χ2n) is 8.54. The van der Waals surface area contributed by atoms with Gasteiger partial charge in [0.05, 0.1) is 34.5 Å². The lowest BCUT2D eigenvalue weighted by Gasteiger charge is -2.24. The molecule has 0 saturated heterocycles. The molecular formula is C25H28ClN7O2. The summed E-state index contributed by atoms with van der Waals surface area (Å²) in [6, 6.07) is 6.96. The van der Waals surface area contributed by atoms with Crippen molar-refractivity contribution in [2.45, 2.75) is 46.3 Å². The zero-order valence-corrected chi connectivity index (χ0v) is 21.0. The predicted octanol–water partition coefficient (Wildman–Crippen LogP) is 4.83. The summed E-state index contributed by atoms with van der Waals surface area (Å²) in [5.41, 5.74) is 8.06. The Bertz CT molecular complexity index is 1300. The molecule has 182 valence electrons. The number of aliphatic hydroxyl groups is 1. The number of rotatable bonds is 8. The zero-order valence-electron chi connectivity index (χ0n) is 20.3. The Morgan fingerprint density at radius 1 is 1.34 bits per heavy atom. The zero-order chi connectivity index (χ0) is 25.9. The Morgan fingerprint density at radius 2 is 2.06 bits per heavy atom. The molecule has 1 aromatic carbocycles. The number of halogens is 1. The summed E-state index contributed by atoms with van der Waals surface area (Å²) in [6.45, 7) is 8.99. The van der Waals surface area contributed by atoms with Gasteiger partial charge in [-0.2, -0.15) is 5.26 Å². The quantitative estimate of drug-likeness (QED) is 0.325. The molecule has 35 heavy (non-hydrogen) atoms. The van der Waals surface area contributed by atoms with Crippen molar-refractivity contribution in [1.29, 1.82) is 10.7 Å². The third-order valence-electron chi connectivity index (χ3n) is 5.41. The van der Waals surface area contributed by atoms with Crippen molar-refractivity contribution in [3.05, 3.63) is 58.1 Å². The summed E-state index contributed by atoms with van der Waals surface area (Å²) in [5, 5.41) is 31.8. The van der Waals surface area contributed by atoms with E-state index in [0.29, 0.717) is 46.1 Å². The number of nitrogens with one attached hydrogen (secondary N) is 2. The Labute approximate surface area is 209 Å². The van der Waals surface area contributed by atoms with Gasteiger partial charge in [0, 0.05) is 28.6 Å². The lowest BCUT2D eigenvalue weighted by Crippen LogP contribution is -2.17. The molecule has 5 N–H and O–H groups in total. The monoisotopic (exact) mass is 493 g/mol. The molecule has 1 atom stereocenters. The number of hydrogen-bond donors (Lipinski definition) is 4. The average molecular weight is 494 g/mol. The molecule has 0 bridgehead atoms. The van der Waals surface area contributed by atoms with E-state index in [1.54, 1.807) is 45.2 Å². The van der Waals surface area contributed by atoms with Crippen LogP contribution < -0.4 is 15.8 Å². The Kier molecular flexibility index (Phi) is 7.58. The van der Waals surface area contributed by atoms with Gasteiger partial charge in [-0.25, -0.2) is 9.97 Å². The van der Waals surface area contributed by atoms with Gasteiger partial charge in [0.25, 0.3) is 0 Å². The Balaban J connectivity index is 2.19. The summed E-state index contributed by atoms with van der Waals surface area (Å²) < 4.78 is 6.05. The second-order valence-corrected chi connectivity index (χ2v) is 8.94. The van der Waals surface area contributed by atoms with Crippen LogP contribution in [0.4, 0.5) is 11.6 Å². The maximum atomic E-state index is 10.3. The third-order valence-corrected chi connectivity index (χ3v) is 5.71. The highest BCUT2D eigenvalue weighted by atomic mass is 35.5. The van der Waals surface area contributed by atoms with Crippen molar-refractivity contribution >= 4 is 28.9 Å². The first kappa shape index (κ1) is 25.9. The Morgan fingerprint density at radius 3 is 2.60 bits per heavy atom. The first-order valence-corrected chi connectivity index (χ1v) is 11.4. The van der Waals surface area contributed by atoms with E-state index in [1.807, 2.05) is 13.8 Å². The van der Waals surface area contributed by atoms with E-state index in [2.05, 4.69) is 26.3 Å². The molecule has 1 unspecified atom stereocenters. The average Bonchev–Trinajstić information content (AvgIpc) is 2.79. The van der Waals surface area contributed by atoms with Gasteiger partial charge < -0.3 is 26.3 Å². The van der Waals surface area contributed by atoms with Gasteiger partial charge in [0.2, 0.25) is 0 Å². The number of nitrogens with zero attached hydrogens (tertiary/aromatic N) is 4. The number of pyridine rings is 1. The minimum atomic E-state index is -1.11. The van der Waals surface area contributed by atoms with Gasteiger partial charge in [0.1, 0.15) is 35.4 Å². The van der Waals surface area contributed by atoms with Gasteiger partial charge in [-0.3, -0.25) is 4.98 Å². The van der Waals surface area contributed by atoms with Gasteiger partial charge in [-0.15, -0.1) is 0 Å². The lowest BCUT2D eigenvalue weighted by molar-refractivity contribution is 0.0739. The molecule has 9 nitrogen and oxygen atoms in total. The second kappa shape index (κ2) is 10.3. The molecule has 0 aliphatic carbocycles. The normalized spacial score (nSPS) is 12.1. The van der Waals surface area contributed by atoms with Crippen LogP contribution in [-0.4, -0.2) is 32.4 Å². The van der Waals surface area contributed by atoms with E-state index < -0.39 is 11.6 Å². The number of nitrogens with two attached hydrogens (primary N) is 1. The summed E-state index contributed by atoms with van der Waals surface area (Å²) in [4.78, 5) is 12.6. The van der Waals surface area contributed by atoms with E-state index in [0.717, 1.165) is 0 Å². The highest BCUT2D eigenvalue weighted by Gasteiger charge is 2.25. The van der Waals surface area contributed by atoms with Crippen molar-refractivity contribution in [2.75, 3.05) is 17.7 Å². The molecule has 0 aliphatic rings. The van der Waals surface area contributed by atoms with Gasteiger partial charge in [0.15, 0.2) is 0 Å². The van der Waals surface area contributed by atoms with Crippen molar-refractivity contribution in [1.82, 2.24) is 15.0 Å². The number of aromatic nitrogens is 3. The number of nitriles is 1. The van der Waals surface area contributed by atoms with Crippen LogP contribution in [0.15, 0.2) is 30.7 Å². The smallest absolute Gasteiger partial charge is 0.141 e. The summed E-state index contributed by atoms with van der Waals surface area (Å²) >= 11 is 6.57. The van der Waals surface area contributed by atoms with E-state index in [4.69, 9.17) is 27.5 Å². The van der Waals surface area contributed by atoms with Crippen LogP contribution in [0.25, 0.3) is 11.1 Å². The topological polar surface area (TPSA) is 154 Å². The number of nitrogen functional groups attached to an aromatic ring is 1. The fraction of sp³-hybridized carbons (Fsp3) is 0.320. The Hall–Kier alpha value is -3.74. The molecule has 10 heteroatoms. The first-order valence-electron chi connectivity index (χ1n) is 11.0. The molecule has 3 rings (SSSR count). The number of anilines is 2. The van der Waals surface area contributed by atoms with Crippen LogP contribution in [0.1, 0.15) is 63.0 Å². The van der Waals surface area contributed by atoms with Crippen LogP contribution in [0.5, 0.6) is 5.75 Å². The van der Waals surface area contributed by atoms with Crippen molar-refractivity contribution in [3.63, 3.8) is 0 Å². The standard InChI is InChI=1S/C25H28ClN7O2/c1-6-35-22-16(14(3)33-24-20(13(2)28)23(29)31-12-32-24)9-18(26)17(10-27)21(22)15-7-8-19(30-11-15)25(4,5)34/h7-9,11-12,14,28,34H,6H2,1-5H3,(H3,29,31,32,33). The van der Waals surface area contributed by atoms with Crippen LogP contribution in [0.2, 0.25) is 5.02 Å². The van der Waals surface area contributed by atoms with Gasteiger partial charge >= 0.3 is 0 Å². The van der Waals surface area contributed by atoms with E-state index in [-0.39, 0.29) is 22.1 Å². The maximum Gasteiger partial charge on any atom is 0.141 e. The highest BCUT2D eigenvalue weighted by molar-refractivity contribution is 6.32. The predicted molar refractivity (Wildman–Crippen MR) is 137 cm³/mol. The molecule has 0 fully saturated rings. The highest BCUT2D eigenvalue weighted by Crippen LogP contribution is 2.43. The molecule has 2 heterocycles. The van der Waals surface area contributed by atoms with Crippen LogP contribution >= 0.6 is 11.6 Å². The molecule has 3 aromatic rings. The molecule has 0 aliphatic heterocycles. The molecule has 0 amide bonds. The lowest BCUT2D eigenvalue weighted by atomic mass is 9.93. The molecule has 0 spiro atoms. The molecule has 2 aromatic heterocycles. The van der Waals surface area contributed by atoms with E-state index >= 15 is 0 Å². The van der Waals surface area contributed by atoms with Crippen molar-refractivity contribution < 1.29 is 9.84 Å². The van der Waals surface area contributed by atoms with E-state index in [1.165, 1.54) is 6.33 Å².